The lowest BCUT2D eigenvalue weighted by Gasteiger charge is -2.28. The van der Waals surface area contributed by atoms with Crippen LogP contribution in [0, 0.1) is 5.92 Å². The second-order valence-corrected chi connectivity index (χ2v) is 8.03. The quantitative estimate of drug-likeness (QED) is 0.311. The molecule has 0 N–H and O–H groups in total. The fourth-order valence-corrected chi connectivity index (χ4v) is 4.82. The molecule has 0 aromatic rings. The van der Waals surface area contributed by atoms with Gasteiger partial charge in [-0.1, -0.05) is 13.8 Å². The molecular weight excluding hydrogens is 270 g/mol. The van der Waals surface area contributed by atoms with E-state index in [0.29, 0.717) is 25.7 Å². The van der Waals surface area contributed by atoms with E-state index < -0.39 is 8.80 Å². The average Bonchev–Trinajstić information content (AvgIpc) is 2.35. The van der Waals surface area contributed by atoms with Gasteiger partial charge in [0.25, 0.3) is 0 Å². The Morgan fingerprint density at radius 2 is 1.50 bits per heavy atom. The minimum Gasteiger partial charge on any atom is -0.374 e. The lowest BCUT2D eigenvalue weighted by Crippen LogP contribution is -2.46. The Kier molecular flexibility index (Phi) is 11.3. The zero-order valence-electron chi connectivity index (χ0n) is 14.2. The highest BCUT2D eigenvalue weighted by atomic mass is 28.4. The molecule has 4 nitrogen and oxygen atoms in total. The maximum Gasteiger partial charge on any atom is 0.500 e. The van der Waals surface area contributed by atoms with Crippen LogP contribution in [0.5, 0.6) is 0 Å². The Balaban J connectivity index is 4.31. The predicted octanol–water partition coefficient (Wildman–Crippen LogP) is 3.93. The summed E-state index contributed by atoms with van der Waals surface area (Å²) in [6, 6.07) is 0.848. The molecule has 0 aromatic heterocycles. The first-order valence-electron chi connectivity index (χ1n) is 7.91. The van der Waals surface area contributed by atoms with Gasteiger partial charge in [0, 0.05) is 38.1 Å². The van der Waals surface area contributed by atoms with Crippen LogP contribution in [-0.4, -0.2) is 40.9 Å². The van der Waals surface area contributed by atoms with Crippen molar-refractivity contribution in [3.63, 3.8) is 0 Å². The van der Waals surface area contributed by atoms with Crippen molar-refractivity contribution in [1.29, 1.82) is 0 Å². The second kappa shape index (κ2) is 11.4. The van der Waals surface area contributed by atoms with Gasteiger partial charge in [-0.25, -0.2) is 0 Å². The fourth-order valence-electron chi connectivity index (χ4n) is 2.22. The molecule has 0 bridgehead atoms. The zero-order valence-corrected chi connectivity index (χ0v) is 15.2. The van der Waals surface area contributed by atoms with Crippen molar-refractivity contribution in [1.82, 2.24) is 0 Å². The third kappa shape index (κ3) is 8.84. The Labute approximate surface area is 126 Å². The Morgan fingerprint density at radius 1 is 1.00 bits per heavy atom. The highest BCUT2D eigenvalue weighted by Gasteiger charge is 2.39. The smallest absolute Gasteiger partial charge is 0.374 e. The van der Waals surface area contributed by atoms with Gasteiger partial charge in [-0.15, -0.1) is 0 Å². The van der Waals surface area contributed by atoms with Crippen molar-refractivity contribution in [3.05, 3.63) is 0 Å². The Hall–Kier alpha value is -0.233. The van der Waals surface area contributed by atoms with Crippen molar-refractivity contribution < 1.29 is 13.3 Å². The monoisotopic (exact) mass is 303 g/mol. The van der Waals surface area contributed by atoms with Crippen molar-refractivity contribution in [3.8, 4) is 0 Å². The minimum absolute atomic E-state index is 0.641. The molecule has 0 heterocycles. The fraction of sp³-hybridized carbons (Fsp3) is 0.933. The molecular formula is C15H33NO3Si. The Bertz CT molecular complexity index is 253. The molecule has 0 rings (SSSR count). The van der Waals surface area contributed by atoms with E-state index in [4.69, 9.17) is 13.3 Å². The highest BCUT2D eigenvalue weighted by Crippen LogP contribution is 2.18. The number of hydrogen-bond donors (Lipinski definition) is 0. The summed E-state index contributed by atoms with van der Waals surface area (Å²) in [5.74, 6) is 0.669. The van der Waals surface area contributed by atoms with Gasteiger partial charge in [0.05, 0.1) is 0 Å². The molecule has 0 radical (unpaired) electrons. The molecule has 120 valence electrons. The van der Waals surface area contributed by atoms with Crippen LogP contribution in [0.3, 0.4) is 0 Å². The highest BCUT2D eigenvalue weighted by molar-refractivity contribution is 6.60. The largest absolute Gasteiger partial charge is 0.500 e. The van der Waals surface area contributed by atoms with E-state index in [2.05, 4.69) is 25.8 Å². The van der Waals surface area contributed by atoms with Gasteiger partial charge in [-0.05, 0) is 46.5 Å². The van der Waals surface area contributed by atoms with Crippen molar-refractivity contribution >= 4 is 14.5 Å². The molecule has 0 aromatic carbocycles. The molecule has 0 aliphatic heterocycles. The SMILES string of the molecule is CCO[Si](CCC/N=C(\C)CC(C)C)(OCC)OCC. The average molecular weight is 304 g/mol. The molecule has 0 spiro atoms. The van der Waals surface area contributed by atoms with E-state index in [0.717, 1.165) is 25.4 Å². The van der Waals surface area contributed by atoms with Gasteiger partial charge < -0.3 is 13.3 Å². The maximum absolute atomic E-state index is 5.83. The summed E-state index contributed by atoms with van der Waals surface area (Å²) in [6.45, 7) is 15.3. The van der Waals surface area contributed by atoms with E-state index in [1.807, 2.05) is 20.8 Å². The van der Waals surface area contributed by atoms with Crippen molar-refractivity contribution in [2.75, 3.05) is 26.4 Å². The van der Waals surface area contributed by atoms with E-state index in [-0.39, 0.29) is 0 Å². The van der Waals surface area contributed by atoms with E-state index in [1.54, 1.807) is 0 Å². The molecule has 0 saturated heterocycles. The predicted molar refractivity (Wildman–Crippen MR) is 87.5 cm³/mol. The summed E-state index contributed by atoms with van der Waals surface area (Å²) < 4.78 is 17.5. The van der Waals surface area contributed by atoms with Crippen LogP contribution in [0.2, 0.25) is 6.04 Å². The van der Waals surface area contributed by atoms with Crippen LogP contribution in [0.4, 0.5) is 0 Å². The van der Waals surface area contributed by atoms with Gasteiger partial charge in [-0.2, -0.15) is 0 Å². The lowest BCUT2D eigenvalue weighted by atomic mass is 10.1. The molecule has 0 aliphatic carbocycles. The summed E-state index contributed by atoms with van der Waals surface area (Å²) in [6.07, 6.45) is 2.03. The van der Waals surface area contributed by atoms with Crippen LogP contribution in [-0.2, 0) is 13.3 Å². The van der Waals surface area contributed by atoms with Crippen LogP contribution >= 0.6 is 0 Å². The third-order valence-electron chi connectivity index (χ3n) is 2.82. The summed E-state index contributed by atoms with van der Waals surface area (Å²) in [5, 5.41) is 0. The number of aliphatic imine (C=N–C) groups is 1. The molecule has 0 unspecified atom stereocenters. The van der Waals surface area contributed by atoms with Crippen LogP contribution in [0.1, 0.15) is 54.4 Å². The summed E-state index contributed by atoms with van der Waals surface area (Å²) in [7, 11) is -2.47. The maximum atomic E-state index is 5.83. The van der Waals surface area contributed by atoms with Gasteiger partial charge in [0.2, 0.25) is 0 Å². The standard InChI is InChI=1S/C15H33NO3Si/c1-7-17-20(18-8-2,19-9-3)12-10-11-16-15(6)13-14(4)5/h14H,7-13H2,1-6H3/b16-15+. The van der Waals surface area contributed by atoms with Gasteiger partial charge in [-0.3, -0.25) is 4.99 Å². The number of nitrogens with zero attached hydrogens (tertiary/aromatic N) is 1. The number of rotatable bonds is 12. The van der Waals surface area contributed by atoms with Gasteiger partial charge in [0.15, 0.2) is 0 Å². The van der Waals surface area contributed by atoms with Gasteiger partial charge >= 0.3 is 8.80 Å². The molecule has 5 heteroatoms. The van der Waals surface area contributed by atoms with E-state index >= 15 is 0 Å². The molecule has 0 fully saturated rings. The first-order chi connectivity index (χ1) is 9.49. The second-order valence-electron chi connectivity index (χ2n) is 5.30. The first-order valence-corrected chi connectivity index (χ1v) is 9.84. The molecule has 0 aliphatic rings. The Morgan fingerprint density at radius 3 is 1.90 bits per heavy atom. The summed E-state index contributed by atoms with van der Waals surface area (Å²) >= 11 is 0. The number of hydrogen-bond acceptors (Lipinski definition) is 4. The summed E-state index contributed by atoms with van der Waals surface area (Å²) in [4.78, 5) is 4.62. The van der Waals surface area contributed by atoms with Crippen LogP contribution < -0.4 is 0 Å². The van der Waals surface area contributed by atoms with Gasteiger partial charge in [0.1, 0.15) is 0 Å². The minimum atomic E-state index is -2.47. The molecule has 20 heavy (non-hydrogen) atoms. The molecule has 0 amide bonds. The van der Waals surface area contributed by atoms with Crippen LogP contribution in [0.25, 0.3) is 0 Å². The van der Waals surface area contributed by atoms with Crippen molar-refractivity contribution in [2.24, 2.45) is 10.9 Å². The topological polar surface area (TPSA) is 40.0 Å². The van der Waals surface area contributed by atoms with E-state index in [1.165, 1.54) is 5.71 Å². The molecule has 0 atom stereocenters. The first kappa shape index (κ1) is 19.8. The van der Waals surface area contributed by atoms with E-state index in [9.17, 15) is 0 Å². The zero-order chi connectivity index (χ0) is 15.4. The molecule has 0 saturated carbocycles. The van der Waals surface area contributed by atoms with Crippen molar-refractivity contribution in [2.45, 2.75) is 60.4 Å². The third-order valence-corrected chi connectivity index (χ3v) is 5.97. The summed E-state index contributed by atoms with van der Waals surface area (Å²) in [5.41, 5.74) is 1.23. The normalized spacial score (nSPS) is 13.2. The van der Waals surface area contributed by atoms with Crippen LogP contribution in [0.15, 0.2) is 4.99 Å². The lowest BCUT2D eigenvalue weighted by molar-refractivity contribution is 0.0710.